The number of non-ortho nitro benzene ring substituents is 1. The predicted octanol–water partition coefficient (Wildman–Crippen LogP) is 2.42. The number of hydrogen-bond acceptors (Lipinski definition) is 4. The van der Waals surface area contributed by atoms with Crippen molar-refractivity contribution in [1.82, 2.24) is 0 Å². The average molecular weight is 253 g/mol. The minimum Gasteiger partial charge on any atom is -0.380 e. The first kappa shape index (κ1) is 12.8. The van der Waals surface area contributed by atoms with Gasteiger partial charge in [0.25, 0.3) is 5.69 Å². The second-order valence-electron chi connectivity index (χ2n) is 4.68. The van der Waals surface area contributed by atoms with E-state index >= 15 is 0 Å². The van der Waals surface area contributed by atoms with Crippen LogP contribution >= 0.6 is 0 Å². The third-order valence-electron chi connectivity index (χ3n) is 3.29. The summed E-state index contributed by atoms with van der Waals surface area (Å²) in [6, 6.07) is 4.10. The molecule has 1 aromatic carbocycles. The van der Waals surface area contributed by atoms with E-state index in [9.17, 15) is 14.5 Å². The molecule has 98 valence electrons. The maximum Gasteiger partial charge on any atom is 0.272 e. The number of rotatable bonds is 3. The smallest absolute Gasteiger partial charge is 0.272 e. The summed E-state index contributed by atoms with van der Waals surface area (Å²) in [5, 5.41) is 13.6. The molecule has 0 unspecified atom stereocenters. The van der Waals surface area contributed by atoms with Crippen molar-refractivity contribution < 1.29 is 9.31 Å². The van der Waals surface area contributed by atoms with Crippen molar-refractivity contribution in [2.45, 2.75) is 37.8 Å². The van der Waals surface area contributed by atoms with Crippen LogP contribution in [-0.2, 0) is 0 Å². The summed E-state index contributed by atoms with van der Waals surface area (Å²) in [4.78, 5) is 9.89. The molecule has 1 saturated carbocycles. The second-order valence-corrected chi connectivity index (χ2v) is 4.68. The van der Waals surface area contributed by atoms with Gasteiger partial charge >= 0.3 is 0 Å². The molecular weight excluding hydrogens is 237 g/mol. The first-order valence-electron chi connectivity index (χ1n) is 6.02. The van der Waals surface area contributed by atoms with Crippen LogP contribution < -0.4 is 11.1 Å². The molecule has 1 aliphatic rings. The van der Waals surface area contributed by atoms with Crippen LogP contribution in [0.25, 0.3) is 0 Å². The number of nitrogens with two attached hydrogens (primary N) is 1. The Balaban J connectivity index is 2.03. The Labute approximate surface area is 104 Å². The van der Waals surface area contributed by atoms with Crippen LogP contribution in [0.4, 0.5) is 15.8 Å². The lowest BCUT2D eigenvalue weighted by atomic mass is 9.91. The van der Waals surface area contributed by atoms with E-state index < -0.39 is 10.7 Å². The molecule has 0 aromatic heterocycles. The van der Waals surface area contributed by atoms with Gasteiger partial charge in [0, 0.05) is 18.2 Å². The molecule has 2 rings (SSSR count). The molecule has 0 bridgehead atoms. The fourth-order valence-electron chi connectivity index (χ4n) is 2.22. The third kappa shape index (κ3) is 2.95. The largest absolute Gasteiger partial charge is 0.380 e. The zero-order valence-corrected chi connectivity index (χ0v) is 9.93. The average Bonchev–Trinajstić information content (AvgIpc) is 2.34. The highest BCUT2D eigenvalue weighted by Gasteiger charge is 2.20. The standard InChI is InChI=1S/C12H16FN3O2/c13-11-7-10(16(17)18)5-6-12(11)15-9-3-1-8(14)2-4-9/h5-9,15H,1-4,14H2. The number of nitrogens with zero attached hydrogens (tertiary/aromatic N) is 1. The Bertz CT molecular complexity index is 445. The fraction of sp³-hybridized carbons (Fsp3) is 0.500. The van der Waals surface area contributed by atoms with Crippen molar-refractivity contribution in [2.24, 2.45) is 5.73 Å². The van der Waals surface area contributed by atoms with Gasteiger partial charge in [-0.05, 0) is 31.7 Å². The summed E-state index contributed by atoms with van der Waals surface area (Å²) in [6.45, 7) is 0. The normalized spacial score (nSPS) is 23.7. The van der Waals surface area contributed by atoms with Crippen LogP contribution in [0, 0.1) is 15.9 Å². The van der Waals surface area contributed by atoms with E-state index in [1.165, 1.54) is 12.1 Å². The molecule has 1 fully saturated rings. The summed E-state index contributed by atoms with van der Waals surface area (Å²) in [5.74, 6) is -0.584. The second kappa shape index (κ2) is 5.30. The van der Waals surface area contributed by atoms with Crippen molar-refractivity contribution in [3.63, 3.8) is 0 Å². The molecule has 0 atom stereocenters. The van der Waals surface area contributed by atoms with E-state index in [4.69, 9.17) is 5.73 Å². The van der Waals surface area contributed by atoms with E-state index in [0.29, 0.717) is 5.69 Å². The Morgan fingerprint density at radius 1 is 1.33 bits per heavy atom. The Hall–Kier alpha value is -1.69. The van der Waals surface area contributed by atoms with Gasteiger partial charge in [-0.3, -0.25) is 10.1 Å². The lowest BCUT2D eigenvalue weighted by Gasteiger charge is -2.27. The molecule has 18 heavy (non-hydrogen) atoms. The van der Waals surface area contributed by atoms with E-state index in [-0.39, 0.29) is 17.8 Å². The molecule has 1 aliphatic carbocycles. The fourth-order valence-corrected chi connectivity index (χ4v) is 2.22. The van der Waals surface area contributed by atoms with Gasteiger partial charge in [-0.1, -0.05) is 0 Å². The predicted molar refractivity (Wildman–Crippen MR) is 66.9 cm³/mol. The molecule has 0 spiro atoms. The van der Waals surface area contributed by atoms with E-state index in [2.05, 4.69) is 5.32 Å². The van der Waals surface area contributed by atoms with Crippen LogP contribution in [0.1, 0.15) is 25.7 Å². The van der Waals surface area contributed by atoms with Crippen molar-refractivity contribution in [1.29, 1.82) is 0 Å². The summed E-state index contributed by atoms with van der Waals surface area (Å²) >= 11 is 0. The third-order valence-corrected chi connectivity index (χ3v) is 3.29. The molecule has 1 aromatic rings. The van der Waals surface area contributed by atoms with Gasteiger partial charge in [-0.25, -0.2) is 4.39 Å². The lowest BCUT2D eigenvalue weighted by Crippen LogP contribution is -2.33. The number of anilines is 1. The molecule has 0 saturated heterocycles. The highest BCUT2D eigenvalue weighted by molar-refractivity contribution is 5.50. The minimum atomic E-state index is -0.605. The zero-order chi connectivity index (χ0) is 13.1. The summed E-state index contributed by atoms with van der Waals surface area (Å²) < 4.78 is 13.7. The van der Waals surface area contributed by atoms with Crippen LogP contribution in [0.5, 0.6) is 0 Å². The van der Waals surface area contributed by atoms with Gasteiger partial charge in [0.1, 0.15) is 0 Å². The highest BCUT2D eigenvalue weighted by Crippen LogP contribution is 2.25. The van der Waals surface area contributed by atoms with Gasteiger partial charge in [0.2, 0.25) is 0 Å². The van der Waals surface area contributed by atoms with Gasteiger partial charge in [0.15, 0.2) is 5.82 Å². The first-order chi connectivity index (χ1) is 8.56. The number of nitrogens with one attached hydrogen (secondary N) is 1. The lowest BCUT2D eigenvalue weighted by molar-refractivity contribution is -0.385. The zero-order valence-electron chi connectivity index (χ0n) is 9.93. The van der Waals surface area contributed by atoms with E-state index in [0.717, 1.165) is 31.7 Å². The Morgan fingerprint density at radius 2 is 2.00 bits per heavy atom. The van der Waals surface area contributed by atoms with Crippen LogP contribution in [-0.4, -0.2) is 17.0 Å². The molecule has 0 heterocycles. The molecule has 5 nitrogen and oxygen atoms in total. The number of nitro benzene ring substituents is 1. The maximum atomic E-state index is 13.7. The molecule has 6 heteroatoms. The molecule has 0 aliphatic heterocycles. The maximum absolute atomic E-state index is 13.7. The van der Waals surface area contributed by atoms with Gasteiger partial charge in [0.05, 0.1) is 16.7 Å². The quantitative estimate of drug-likeness (QED) is 0.640. The van der Waals surface area contributed by atoms with Crippen LogP contribution in [0.2, 0.25) is 0 Å². The molecular formula is C12H16FN3O2. The number of benzene rings is 1. The monoisotopic (exact) mass is 253 g/mol. The molecule has 0 amide bonds. The Morgan fingerprint density at radius 3 is 2.56 bits per heavy atom. The SMILES string of the molecule is NC1CCC(Nc2ccc([N+](=O)[O-])cc2F)CC1. The molecule has 3 N–H and O–H groups in total. The number of hydrogen-bond donors (Lipinski definition) is 2. The topological polar surface area (TPSA) is 81.2 Å². The van der Waals surface area contributed by atoms with Crippen molar-refractivity contribution in [3.8, 4) is 0 Å². The highest BCUT2D eigenvalue weighted by atomic mass is 19.1. The van der Waals surface area contributed by atoms with E-state index in [1.807, 2.05) is 0 Å². The summed E-state index contributed by atoms with van der Waals surface area (Å²) in [5.41, 5.74) is 5.88. The van der Waals surface area contributed by atoms with Crippen molar-refractivity contribution in [2.75, 3.05) is 5.32 Å². The minimum absolute atomic E-state index is 0.195. The number of nitro groups is 1. The first-order valence-corrected chi connectivity index (χ1v) is 6.02. The van der Waals surface area contributed by atoms with Gasteiger partial charge < -0.3 is 11.1 Å². The van der Waals surface area contributed by atoms with Gasteiger partial charge in [-0.2, -0.15) is 0 Å². The summed E-state index contributed by atoms with van der Waals surface area (Å²) in [7, 11) is 0. The van der Waals surface area contributed by atoms with Crippen LogP contribution in [0.3, 0.4) is 0 Å². The van der Waals surface area contributed by atoms with Crippen LogP contribution in [0.15, 0.2) is 18.2 Å². The summed E-state index contributed by atoms with van der Waals surface area (Å²) in [6.07, 6.45) is 3.65. The van der Waals surface area contributed by atoms with Crippen molar-refractivity contribution >= 4 is 11.4 Å². The number of halogens is 1. The van der Waals surface area contributed by atoms with Gasteiger partial charge in [-0.15, -0.1) is 0 Å². The van der Waals surface area contributed by atoms with Crippen molar-refractivity contribution in [3.05, 3.63) is 34.1 Å². The van der Waals surface area contributed by atoms with E-state index in [1.54, 1.807) is 0 Å². The molecule has 0 radical (unpaired) electrons. The Kier molecular flexibility index (Phi) is 3.76.